The molecule has 0 N–H and O–H groups in total. The Morgan fingerprint density at radius 1 is 1.07 bits per heavy atom. The van der Waals surface area contributed by atoms with Crippen LogP contribution in [-0.4, -0.2) is 29.1 Å². The second-order valence-electron chi connectivity index (χ2n) is 7.35. The third kappa shape index (κ3) is 5.12. The fourth-order valence-electron chi connectivity index (χ4n) is 3.35. The molecule has 1 amide bonds. The van der Waals surface area contributed by atoms with Gasteiger partial charge in [0, 0.05) is 6.54 Å². The molecule has 1 saturated heterocycles. The summed E-state index contributed by atoms with van der Waals surface area (Å²) >= 11 is 0. The zero-order valence-corrected chi connectivity index (χ0v) is 16.4. The minimum Gasteiger partial charge on any atom is -0.460 e. The number of hydrogen-bond acceptors (Lipinski definition) is 4. The maximum atomic E-state index is 12.9. The van der Waals surface area contributed by atoms with E-state index < -0.39 is 6.09 Å². The van der Waals surface area contributed by atoms with Gasteiger partial charge in [-0.3, -0.25) is 9.69 Å². The summed E-state index contributed by atoms with van der Waals surface area (Å²) in [6.07, 6.45) is 0.781. The van der Waals surface area contributed by atoms with Crippen molar-refractivity contribution in [3.63, 3.8) is 0 Å². The first kappa shape index (κ1) is 19.9. The Hall–Kier alpha value is -2.82. The SMILES string of the molecule is CC1CC[C@@H]([C@H](C)N(Cc2ccccc2)C(=O)OCc2ccccc2)OC1=O. The van der Waals surface area contributed by atoms with Crippen LogP contribution in [0.4, 0.5) is 4.79 Å². The standard InChI is InChI=1S/C23H27NO4/c1-17-13-14-21(28-22(17)25)18(2)24(15-19-9-5-3-6-10-19)23(26)27-16-20-11-7-4-8-12-20/h3-12,17-18,21H,13-16H2,1-2H3/t17?,18-,21-/m0/s1. The Labute approximate surface area is 166 Å². The van der Waals surface area contributed by atoms with Crippen LogP contribution in [0.15, 0.2) is 60.7 Å². The Balaban J connectivity index is 1.72. The quantitative estimate of drug-likeness (QED) is 0.689. The first-order valence-electron chi connectivity index (χ1n) is 9.76. The largest absolute Gasteiger partial charge is 0.460 e. The summed E-state index contributed by atoms with van der Waals surface area (Å²) in [7, 11) is 0. The van der Waals surface area contributed by atoms with Gasteiger partial charge in [0.2, 0.25) is 0 Å². The number of esters is 1. The van der Waals surface area contributed by atoms with Crippen molar-refractivity contribution in [3.05, 3.63) is 71.8 Å². The number of cyclic esters (lactones) is 1. The second-order valence-corrected chi connectivity index (χ2v) is 7.35. The van der Waals surface area contributed by atoms with Gasteiger partial charge >= 0.3 is 12.1 Å². The van der Waals surface area contributed by atoms with Gasteiger partial charge < -0.3 is 9.47 Å². The van der Waals surface area contributed by atoms with Gasteiger partial charge in [0.1, 0.15) is 12.7 Å². The number of ether oxygens (including phenoxy) is 2. The molecular weight excluding hydrogens is 354 g/mol. The summed E-state index contributed by atoms with van der Waals surface area (Å²) in [5, 5.41) is 0. The van der Waals surface area contributed by atoms with Crippen LogP contribution in [-0.2, 0) is 27.4 Å². The molecule has 148 valence electrons. The maximum Gasteiger partial charge on any atom is 0.410 e. The highest BCUT2D eigenvalue weighted by atomic mass is 16.6. The van der Waals surface area contributed by atoms with Crippen molar-refractivity contribution in [1.82, 2.24) is 4.90 Å². The molecule has 0 radical (unpaired) electrons. The monoisotopic (exact) mass is 381 g/mol. The zero-order valence-electron chi connectivity index (χ0n) is 16.4. The summed E-state index contributed by atoms with van der Waals surface area (Å²) < 4.78 is 11.2. The lowest BCUT2D eigenvalue weighted by atomic mass is 9.95. The molecule has 1 aliphatic heterocycles. The van der Waals surface area contributed by atoms with Crippen LogP contribution in [0.25, 0.3) is 0 Å². The summed E-state index contributed by atoms with van der Waals surface area (Å²) in [4.78, 5) is 26.6. The first-order valence-corrected chi connectivity index (χ1v) is 9.76. The molecule has 3 atom stereocenters. The molecule has 1 aliphatic rings. The zero-order chi connectivity index (χ0) is 19.9. The molecule has 0 saturated carbocycles. The Bertz CT molecular complexity index is 778. The molecule has 0 aromatic heterocycles. The second kappa shape index (κ2) is 9.40. The van der Waals surface area contributed by atoms with E-state index in [0.717, 1.165) is 24.0 Å². The Morgan fingerprint density at radius 3 is 2.29 bits per heavy atom. The van der Waals surface area contributed by atoms with E-state index in [-0.39, 0.29) is 30.6 Å². The van der Waals surface area contributed by atoms with E-state index in [1.807, 2.05) is 74.5 Å². The van der Waals surface area contributed by atoms with E-state index >= 15 is 0 Å². The molecule has 1 heterocycles. The molecule has 5 heteroatoms. The minimum absolute atomic E-state index is 0.0870. The molecule has 2 aromatic carbocycles. The number of benzene rings is 2. The summed E-state index contributed by atoms with van der Waals surface area (Å²) in [6, 6.07) is 19.1. The van der Waals surface area contributed by atoms with E-state index in [1.165, 1.54) is 0 Å². The summed E-state index contributed by atoms with van der Waals surface area (Å²) in [5.41, 5.74) is 1.93. The normalized spacial score (nSPS) is 20.1. The van der Waals surface area contributed by atoms with Gasteiger partial charge in [-0.2, -0.15) is 0 Å². The lowest BCUT2D eigenvalue weighted by molar-refractivity contribution is -0.163. The molecule has 0 bridgehead atoms. The summed E-state index contributed by atoms with van der Waals surface area (Å²) in [5.74, 6) is -0.281. The smallest absolute Gasteiger partial charge is 0.410 e. The third-order valence-electron chi connectivity index (χ3n) is 5.22. The molecule has 1 unspecified atom stereocenters. The van der Waals surface area contributed by atoms with Crippen LogP contribution in [0.2, 0.25) is 0 Å². The Kier molecular flexibility index (Phi) is 6.69. The number of amides is 1. The van der Waals surface area contributed by atoms with E-state index in [9.17, 15) is 9.59 Å². The van der Waals surface area contributed by atoms with Crippen molar-refractivity contribution < 1.29 is 19.1 Å². The third-order valence-corrected chi connectivity index (χ3v) is 5.22. The first-order chi connectivity index (χ1) is 13.5. The summed E-state index contributed by atoms with van der Waals surface area (Å²) in [6.45, 7) is 4.40. The average Bonchev–Trinajstić information content (AvgIpc) is 2.73. The lowest BCUT2D eigenvalue weighted by Gasteiger charge is -2.36. The predicted octanol–water partition coefficient (Wildman–Crippen LogP) is 4.56. The van der Waals surface area contributed by atoms with Crippen LogP contribution in [0.3, 0.4) is 0 Å². The van der Waals surface area contributed by atoms with Gasteiger partial charge in [0.05, 0.1) is 12.0 Å². The maximum absolute atomic E-state index is 12.9. The van der Waals surface area contributed by atoms with Crippen LogP contribution < -0.4 is 0 Å². The lowest BCUT2D eigenvalue weighted by Crippen LogP contribution is -2.48. The van der Waals surface area contributed by atoms with Gasteiger partial charge in [-0.1, -0.05) is 67.6 Å². The van der Waals surface area contributed by atoms with Gasteiger partial charge in [0.15, 0.2) is 0 Å². The van der Waals surface area contributed by atoms with Gasteiger partial charge in [0.25, 0.3) is 0 Å². The molecule has 0 spiro atoms. The van der Waals surface area contributed by atoms with Crippen molar-refractivity contribution in [3.8, 4) is 0 Å². The number of hydrogen-bond donors (Lipinski definition) is 0. The van der Waals surface area contributed by atoms with E-state index in [4.69, 9.17) is 9.47 Å². The highest BCUT2D eigenvalue weighted by Crippen LogP contribution is 2.25. The Morgan fingerprint density at radius 2 is 1.68 bits per heavy atom. The molecule has 0 aliphatic carbocycles. The van der Waals surface area contributed by atoms with Crippen molar-refractivity contribution in [2.45, 2.75) is 52.0 Å². The minimum atomic E-state index is -0.408. The van der Waals surface area contributed by atoms with Gasteiger partial charge in [-0.05, 0) is 30.9 Å². The van der Waals surface area contributed by atoms with Crippen molar-refractivity contribution in [2.75, 3.05) is 0 Å². The van der Waals surface area contributed by atoms with Crippen LogP contribution in [0, 0.1) is 5.92 Å². The van der Waals surface area contributed by atoms with Crippen molar-refractivity contribution >= 4 is 12.1 Å². The van der Waals surface area contributed by atoms with Crippen molar-refractivity contribution in [1.29, 1.82) is 0 Å². The highest BCUT2D eigenvalue weighted by Gasteiger charge is 2.35. The van der Waals surface area contributed by atoms with E-state index in [1.54, 1.807) is 4.90 Å². The van der Waals surface area contributed by atoms with E-state index in [2.05, 4.69) is 0 Å². The van der Waals surface area contributed by atoms with Crippen molar-refractivity contribution in [2.24, 2.45) is 5.92 Å². The number of carbonyl (C=O) groups is 2. The predicted molar refractivity (Wildman–Crippen MR) is 106 cm³/mol. The van der Waals surface area contributed by atoms with Gasteiger partial charge in [-0.25, -0.2) is 4.79 Å². The molecule has 28 heavy (non-hydrogen) atoms. The molecular formula is C23H27NO4. The highest BCUT2D eigenvalue weighted by molar-refractivity contribution is 5.73. The number of rotatable bonds is 6. The molecule has 3 rings (SSSR count). The molecule has 1 fully saturated rings. The fraction of sp³-hybridized carbons (Fsp3) is 0.391. The fourth-order valence-corrected chi connectivity index (χ4v) is 3.35. The van der Waals surface area contributed by atoms with E-state index in [0.29, 0.717) is 6.54 Å². The number of carbonyl (C=O) groups excluding carboxylic acids is 2. The van der Waals surface area contributed by atoms with Crippen LogP contribution in [0.1, 0.15) is 37.8 Å². The average molecular weight is 381 g/mol. The van der Waals surface area contributed by atoms with Crippen LogP contribution in [0.5, 0.6) is 0 Å². The van der Waals surface area contributed by atoms with Crippen LogP contribution >= 0.6 is 0 Å². The molecule has 5 nitrogen and oxygen atoms in total. The molecule has 2 aromatic rings. The number of nitrogens with zero attached hydrogens (tertiary/aromatic N) is 1. The topological polar surface area (TPSA) is 55.8 Å². The van der Waals surface area contributed by atoms with Gasteiger partial charge in [-0.15, -0.1) is 0 Å².